The Kier molecular flexibility index (Phi) is 5.85. The molecule has 2 unspecified atom stereocenters. The molecule has 0 bridgehead atoms. The molecule has 20 heavy (non-hydrogen) atoms. The molecule has 0 saturated carbocycles. The van der Waals surface area contributed by atoms with Crippen LogP contribution in [0.1, 0.15) is 54.4 Å². The molecular weight excluding hydrogens is 304 g/mol. The van der Waals surface area contributed by atoms with Crippen molar-refractivity contribution in [2.45, 2.75) is 64.9 Å². The van der Waals surface area contributed by atoms with Crippen LogP contribution in [0.2, 0.25) is 0 Å². The van der Waals surface area contributed by atoms with Crippen LogP contribution in [-0.4, -0.2) is 36.4 Å². The van der Waals surface area contributed by atoms with Gasteiger partial charge in [-0.25, -0.2) is 0 Å². The molecule has 2 N–H and O–H groups in total. The first-order valence-corrected chi connectivity index (χ1v) is 9.40. The Morgan fingerprint density at radius 3 is 1.00 bits per heavy atom. The zero-order valence-corrected chi connectivity index (χ0v) is 14.5. The Balaban J connectivity index is 5.31. The van der Waals surface area contributed by atoms with Crippen molar-refractivity contribution in [2.24, 2.45) is 10.8 Å². The minimum absolute atomic E-state index is 0.0376. The molecule has 0 aromatic rings. The van der Waals surface area contributed by atoms with Crippen LogP contribution in [0.4, 0.5) is 0 Å². The molecule has 0 heterocycles. The number of hydrogen-bond acceptors (Lipinski definition) is 4. The second-order valence-corrected chi connectivity index (χ2v) is 10.5. The van der Waals surface area contributed by atoms with Crippen molar-refractivity contribution in [1.29, 1.82) is 0 Å². The van der Waals surface area contributed by atoms with Gasteiger partial charge < -0.3 is 0 Å². The summed E-state index contributed by atoms with van der Waals surface area (Å²) in [4.78, 5) is 0. The molecule has 0 aliphatic heterocycles. The van der Waals surface area contributed by atoms with Gasteiger partial charge in [-0.05, 0) is 23.7 Å². The highest BCUT2D eigenvalue weighted by Gasteiger charge is 2.40. The van der Waals surface area contributed by atoms with Gasteiger partial charge in [-0.15, -0.1) is 0 Å². The fraction of sp³-hybridized carbons (Fsp3) is 1.00. The minimum Gasteiger partial charge on any atom is -0.285 e. The van der Waals surface area contributed by atoms with Crippen LogP contribution in [0.3, 0.4) is 0 Å². The van der Waals surface area contributed by atoms with E-state index in [-0.39, 0.29) is 12.8 Å². The van der Waals surface area contributed by atoms with E-state index in [0.29, 0.717) is 0 Å². The number of rotatable bonds is 5. The molecule has 0 aromatic heterocycles. The van der Waals surface area contributed by atoms with E-state index in [4.69, 9.17) is 0 Å². The monoisotopic (exact) mass is 330 g/mol. The summed E-state index contributed by atoms with van der Waals surface area (Å²) in [6, 6.07) is 0. The topological polar surface area (TPSA) is 109 Å². The SMILES string of the molecule is CC(C)(C)C(CCC(C(C)(C)C)S(=O)(=O)O)S(=O)(=O)O. The molecule has 122 valence electrons. The van der Waals surface area contributed by atoms with Crippen molar-refractivity contribution >= 4 is 20.2 Å². The van der Waals surface area contributed by atoms with Gasteiger partial charge in [0.15, 0.2) is 0 Å². The summed E-state index contributed by atoms with van der Waals surface area (Å²) in [5, 5.41) is -2.16. The first-order chi connectivity index (χ1) is 8.47. The Labute approximate surface area is 122 Å². The van der Waals surface area contributed by atoms with Gasteiger partial charge in [-0.3, -0.25) is 9.11 Å². The summed E-state index contributed by atoms with van der Waals surface area (Å²) < 4.78 is 64.3. The maximum absolute atomic E-state index is 11.4. The first-order valence-electron chi connectivity index (χ1n) is 6.40. The first kappa shape index (κ1) is 19.8. The zero-order chi connectivity index (χ0) is 16.6. The minimum atomic E-state index is -4.29. The summed E-state index contributed by atoms with van der Waals surface area (Å²) in [6.07, 6.45) is -0.0753. The third-order valence-corrected chi connectivity index (χ3v) is 6.67. The molecule has 0 fully saturated rings. The van der Waals surface area contributed by atoms with E-state index < -0.39 is 41.6 Å². The maximum Gasteiger partial charge on any atom is 0.268 e. The van der Waals surface area contributed by atoms with E-state index in [9.17, 15) is 25.9 Å². The Bertz CT molecular complexity index is 469. The molecule has 0 radical (unpaired) electrons. The van der Waals surface area contributed by atoms with Gasteiger partial charge in [0.05, 0.1) is 10.5 Å². The summed E-state index contributed by atoms with van der Waals surface area (Å²) in [6.45, 7) is 9.95. The lowest BCUT2D eigenvalue weighted by atomic mass is 9.84. The van der Waals surface area contributed by atoms with Crippen molar-refractivity contribution in [3.63, 3.8) is 0 Å². The van der Waals surface area contributed by atoms with Crippen LogP contribution in [0, 0.1) is 10.8 Å². The van der Waals surface area contributed by atoms with Crippen molar-refractivity contribution in [3.8, 4) is 0 Å². The fourth-order valence-electron chi connectivity index (χ4n) is 2.36. The lowest BCUT2D eigenvalue weighted by Gasteiger charge is -2.32. The second-order valence-electron chi connectivity index (χ2n) is 7.32. The van der Waals surface area contributed by atoms with Gasteiger partial charge in [0.25, 0.3) is 20.2 Å². The average Bonchev–Trinajstić information content (AvgIpc) is 2.02. The summed E-state index contributed by atoms with van der Waals surface area (Å²) in [5.74, 6) is 0. The van der Waals surface area contributed by atoms with E-state index in [1.165, 1.54) is 0 Å². The molecule has 0 amide bonds. The molecule has 8 heteroatoms. The highest BCUT2D eigenvalue weighted by molar-refractivity contribution is 7.86. The molecule has 0 spiro atoms. The zero-order valence-electron chi connectivity index (χ0n) is 12.9. The van der Waals surface area contributed by atoms with Crippen LogP contribution in [0.25, 0.3) is 0 Å². The summed E-state index contributed by atoms with van der Waals surface area (Å²) in [5.41, 5.74) is -1.45. The van der Waals surface area contributed by atoms with E-state index in [1.807, 2.05) is 0 Å². The molecule has 0 aliphatic carbocycles. The largest absolute Gasteiger partial charge is 0.285 e. The quantitative estimate of drug-likeness (QED) is 0.749. The van der Waals surface area contributed by atoms with Gasteiger partial charge in [0.1, 0.15) is 0 Å². The van der Waals surface area contributed by atoms with Crippen molar-refractivity contribution in [1.82, 2.24) is 0 Å². The van der Waals surface area contributed by atoms with Gasteiger partial charge >= 0.3 is 0 Å². The third-order valence-electron chi connectivity index (χ3n) is 3.34. The van der Waals surface area contributed by atoms with Crippen molar-refractivity contribution < 1.29 is 25.9 Å². The molecule has 2 atom stereocenters. The van der Waals surface area contributed by atoms with E-state index in [2.05, 4.69) is 0 Å². The molecular formula is C12H26O6S2. The highest BCUT2D eigenvalue weighted by atomic mass is 32.2. The smallest absolute Gasteiger partial charge is 0.268 e. The lowest BCUT2D eigenvalue weighted by molar-refractivity contribution is 0.297. The third kappa shape index (κ3) is 6.07. The molecule has 0 saturated heterocycles. The van der Waals surface area contributed by atoms with Crippen LogP contribution in [0.15, 0.2) is 0 Å². The van der Waals surface area contributed by atoms with Crippen LogP contribution >= 0.6 is 0 Å². The second kappa shape index (κ2) is 5.90. The lowest BCUT2D eigenvalue weighted by Crippen LogP contribution is -2.39. The standard InChI is InChI=1S/C12H26O6S2/c1-11(2,3)9(19(13,14)15)7-8-10(12(4,5)6)20(16,17)18/h9-10H,7-8H2,1-6H3,(H,13,14,15)(H,16,17,18). The average molecular weight is 330 g/mol. The van der Waals surface area contributed by atoms with E-state index in [1.54, 1.807) is 41.5 Å². The van der Waals surface area contributed by atoms with Gasteiger partial charge in [-0.1, -0.05) is 41.5 Å². The van der Waals surface area contributed by atoms with E-state index in [0.717, 1.165) is 0 Å². The van der Waals surface area contributed by atoms with Crippen molar-refractivity contribution in [3.05, 3.63) is 0 Å². The summed E-state index contributed by atoms with van der Waals surface area (Å²) >= 11 is 0. The Morgan fingerprint density at radius 1 is 0.700 bits per heavy atom. The van der Waals surface area contributed by atoms with Crippen LogP contribution in [-0.2, 0) is 20.2 Å². The molecule has 6 nitrogen and oxygen atoms in total. The van der Waals surface area contributed by atoms with E-state index >= 15 is 0 Å². The maximum atomic E-state index is 11.4. The van der Waals surface area contributed by atoms with Gasteiger partial charge in [0.2, 0.25) is 0 Å². The molecule has 0 aliphatic rings. The normalized spacial score (nSPS) is 17.8. The summed E-state index contributed by atoms with van der Waals surface area (Å²) in [7, 11) is -8.57. The Morgan fingerprint density at radius 2 is 0.900 bits per heavy atom. The predicted octanol–water partition coefficient (Wildman–Crippen LogP) is 2.37. The number of hydrogen-bond donors (Lipinski definition) is 2. The van der Waals surface area contributed by atoms with Crippen LogP contribution in [0.5, 0.6) is 0 Å². The van der Waals surface area contributed by atoms with Crippen LogP contribution < -0.4 is 0 Å². The highest BCUT2D eigenvalue weighted by Crippen LogP contribution is 2.34. The molecule has 0 rings (SSSR count). The predicted molar refractivity (Wildman–Crippen MR) is 78.8 cm³/mol. The van der Waals surface area contributed by atoms with Gasteiger partial charge in [-0.2, -0.15) is 16.8 Å². The fourth-order valence-corrected chi connectivity index (χ4v) is 5.02. The van der Waals surface area contributed by atoms with Crippen molar-refractivity contribution in [2.75, 3.05) is 0 Å². The Hall–Kier alpha value is -0.180. The molecule has 0 aromatic carbocycles. The van der Waals surface area contributed by atoms with Gasteiger partial charge in [0, 0.05) is 0 Å².